The van der Waals surface area contributed by atoms with Crippen LogP contribution in [-0.4, -0.2) is 31.2 Å². The molecule has 0 fully saturated rings. The Morgan fingerprint density at radius 1 is 0.968 bits per heavy atom. The topological polar surface area (TPSA) is 43.3 Å². The Balaban J connectivity index is 1.57. The van der Waals surface area contributed by atoms with Gasteiger partial charge in [-0.2, -0.15) is 5.10 Å². The monoisotopic (exact) mass is 432 g/mol. The van der Waals surface area contributed by atoms with E-state index in [0.717, 1.165) is 46.1 Å². The minimum absolute atomic E-state index is 0.0844. The van der Waals surface area contributed by atoms with Crippen LogP contribution in [0.3, 0.4) is 0 Å². The molecule has 31 heavy (non-hydrogen) atoms. The van der Waals surface area contributed by atoms with Crippen LogP contribution in [0.15, 0.2) is 76.7 Å². The van der Waals surface area contributed by atoms with Crippen molar-refractivity contribution in [3.05, 3.63) is 83.4 Å². The van der Waals surface area contributed by atoms with Crippen LogP contribution in [0.4, 0.5) is 0 Å². The van der Waals surface area contributed by atoms with Gasteiger partial charge in [0.15, 0.2) is 11.5 Å². The van der Waals surface area contributed by atoms with E-state index in [9.17, 15) is 0 Å². The van der Waals surface area contributed by atoms with Crippen LogP contribution >= 0.6 is 11.8 Å². The molecule has 0 aliphatic carbocycles. The van der Waals surface area contributed by atoms with Crippen LogP contribution in [0.1, 0.15) is 35.4 Å². The van der Waals surface area contributed by atoms with Crippen molar-refractivity contribution < 1.29 is 14.2 Å². The van der Waals surface area contributed by atoms with Crippen LogP contribution in [0.2, 0.25) is 0 Å². The van der Waals surface area contributed by atoms with Crippen molar-refractivity contribution in [3.63, 3.8) is 0 Å². The Morgan fingerprint density at radius 2 is 1.74 bits per heavy atom. The summed E-state index contributed by atoms with van der Waals surface area (Å²) < 4.78 is 17.4. The highest BCUT2D eigenvalue weighted by molar-refractivity contribution is 7.98. The van der Waals surface area contributed by atoms with Crippen LogP contribution in [-0.2, 0) is 0 Å². The van der Waals surface area contributed by atoms with E-state index in [-0.39, 0.29) is 12.3 Å². The molecule has 0 bridgehead atoms. The first-order valence-corrected chi connectivity index (χ1v) is 11.4. The van der Waals surface area contributed by atoms with Crippen molar-refractivity contribution in [3.8, 4) is 17.2 Å². The summed E-state index contributed by atoms with van der Waals surface area (Å²) in [5.74, 6) is 2.39. The lowest BCUT2D eigenvalue weighted by atomic mass is 9.95. The van der Waals surface area contributed by atoms with Crippen LogP contribution < -0.4 is 14.2 Å². The molecule has 0 radical (unpaired) electrons. The number of methoxy groups -OCH3 is 2. The Labute approximate surface area is 186 Å². The quantitative estimate of drug-likeness (QED) is 0.486. The second-order valence-electron chi connectivity index (χ2n) is 7.50. The van der Waals surface area contributed by atoms with Crippen molar-refractivity contribution in [1.82, 2.24) is 5.01 Å². The number of nitrogens with zero attached hydrogens (tertiary/aromatic N) is 2. The Bertz CT molecular complexity index is 1110. The molecule has 0 N–H and O–H groups in total. The molecule has 0 saturated heterocycles. The Hall–Kier alpha value is -3.12. The summed E-state index contributed by atoms with van der Waals surface area (Å²) in [6, 6.07) is 22.7. The zero-order valence-corrected chi connectivity index (χ0v) is 18.6. The number of hydrogen-bond acceptors (Lipinski definition) is 6. The maximum absolute atomic E-state index is 6.52. The average Bonchev–Trinajstić information content (AvgIpc) is 3.29. The van der Waals surface area contributed by atoms with E-state index in [4.69, 9.17) is 19.3 Å². The van der Waals surface area contributed by atoms with Gasteiger partial charge in [-0.1, -0.05) is 24.3 Å². The predicted octanol–water partition coefficient (Wildman–Crippen LogP) is 5.67. The first-order valence-electron chi connectivity index (χ1n) is 10.2. The molecule has 5 rings (SSSR count). The molecule has 5 nitrogen and oxygen atoms in total. The first-order chi connectivity index (χ1) is 15.2. The summed E-state index contributed by atoms with van der Waals surface area (Å²) >= 11 is 1.73. The molecule has 2 heterocycles. The highest BCUT2D eigenvalue weighted by Crippen LogP contribution is 2.50. The van der Waals surface area contributed by atoms with E-state index in [1.54, 1.807) is 26.0 Å². The summed E-state index contributed by atoms with van der Waals surface area (Å²) in [4.78, 5) is 1.22. The third-order valence-corrected chi connectivity index (χ3v) is 6.57. The van der Waals surface area contributed by atoms with Gasteiger partial charge in [-0.25, -0.2) is 5.01 Å². The largest absolute Gasteiger partial charge is 0.497 e. The van der Waals surface area contributed by atoms with Crippen molar-refractivity contribution in [2.24, 2.45) is 5.10 Å². The number of fused-ring (bicyclic) bond motifs is 3. The lowest BCUT2D eigenvalue weighted by Gasteiger charge is -2.38. The summed E-state index contributed by atoms with van der Waals surface area (Å²) in [6.07, 6.45) is 2.56. The molecule has 0 amide bonds. The molecule has 2 atom stereocenters. The van der Waals surface area contributed by atoms with E-state index in [0.29, 0.717) is 0 Å². The smallest absolute Gasteiger partial charge is 0.214 e. The minimum atomic E-state index is -0.319. The van der Waals surface area contributed by atoms with Gasteiger partial charge in [-0.05, 0) is 54.3 Å². The fourth-order valence-corrected chi connectivity index (χ4v) is 4.60. The van der Waals surface area contributed by atoms with Crippen LogP contribution in [0, 0.1) is 0 Å². The number of ether oxygens (including phenoxy) is 3. The SMILES string of the molecule is COc1ccc(C2=NN3[C@H](C2)c2cccc(OC)c2O[C@@H]3c2ccc(SC)cc2)cc1. The Kier molecular flexibility index (Phi) is 5.24. The molecule has 0 spiro atoms. The molecule has 2 aliphatic rings. The van der Waals surface area contributed by atoms with Gasteiger partial charge >= 0.3 is 0 Å². The van der Waals surface area contributed by atoms with Crippen LogP contribution in [0.5, 0.6) is 17.2 Å². The summed E-state index contributed by atoms with van der Waals surface area (Å²) in [5.41, 5.74) is 4.30. The van der Waals surface area contributed by atoms with E-state index < -0.39 is 0 Å². The standard InChI is InChI=1S/C25H24N2O3S/c1-28-18-11-7-16(8-12-18)21-15-22-20-5-4-6-23(29-2)24(20)30-25(27(22)26-21)17-9-13-19(31-3)14-10-17/h4-14,22,25H,15H2,1-3H3/t22-,25-/m1/s1. The van der Waals surface area contributed by atoms with Crippen molar-refractivity contribution in [2.75, 3.05) is 20.5 Å². The Morgan fingerprint density at radius 3 is 2.42 bits per heavy atom. The maximum Gasteiger partial charge on any atom is 0.214 e. The number of benzene rings is 3. The fraction of sp³-hybridized carbons (Fsp3) is 0.240. The minimum Gasteiger partial charge on any atom is -0.497 e. The van der Waals surface area contributed by atoms with Gasteiger partial charge in [0.2, 0.25) is 6.23 Å². The lowest BCUT2D eigenvalue weighted by Crippen LogP contribution is -2.33. The molecule has 0 aromatic heterocycles. The zero-order valence-electron chi connectivity index (χ0n) is 17.7. The van der Waals surface area contributed by atoms with Crippen molar-refractivity contribution in [2.45, 2.75) is 23.6 Å². The highest BCUT2D eigenvalue weighted by atomic mass is 32.2. The zero-order chi connectivity index (χ0) is 21.4. The molecular formula is C25H24N2O3S. The van der Waals surface area contributed by atoms with Gasteiger partial charge in [0.25, 0.3) is 0 Å². The summed E-state index contributed by atoms with van der Waals surface area (Å²) in [7, 11) is 3.36. The number of para-hydroxylation sites is 1. The molecule has 158 valence electrons. The molecule has 6 heteroatoms. The van der Waals surface area contributed by atoms with Crippen molar-refractivity contribution >= 4 is 17.5 Å². The molecule has 3 aromatic rings. The van der Waals surface area contributed by atoms with Gasteiger partial charge in [0.05, 0.1) is 26.0 Å². The molecule has 3 aromatic carbocycles. The van der Waals surface area contributed by atoms with E-state index in [2.05, 4.69) is 53.7 Å². The second-order valence-corrected chi connectivity index (χ2v) is 8.38. The van der Waals surface area contributed by atoms with E-state index in [1.807, 2.05) is 24.3 Å². The summed E-state index contributed by atoms with van der Waals surface area (Å²) in [6.45, 7) is 0. The van der Waals surface area contributed by atoms with Gasteiger partial charge < -0.3 is 14.2 Å². The predicted molar refractivity (Wildman–Crippen MR) is 123 cm³/mol. The molecule has 0 saturated carbocycles. The molecular weight excluding hydrogens is 408 g/mol. The number of thioether (sulfide) groups is 1. The maximum atomic E-state index is 6.52. The molecule has 0 unspecified atom stereocenters. The summed E-state index contributed by atoms with van der Waals surface area (Å²) in [5, 5.41) is 7.12. The third-order valence-electron chi connectivity index (χ3n) is 5.82. The lowest BCUT2D eigenvalue weighted by molar-refractivity contribution is -0.0209. The van der Waals surface area contributed by atoms with Gasteiger partial charge in [-0.15, -0.1) is 11.8 Å². The van der Waals surface area contributed by atoms with E-state index >= 15 is 0 Å². The fourth-order valence-electron chi connectivity index (χ4n) is 4.19. The van der Waals surface area contributed by atoms with E-state index in [1.165, 1.54) is 4.90 Å². The average molecular weight is 433 g/mol. The normalized spacial score (nSPS) is 19.2. The molecule has 2 aliphatic heterocycles. The number of hydrogen-bond donors (Lipinski definition) is 0. The van der Waals surface area contributed by atoms with Gasteiger partial charge in [0.1, 0.15) is 5.75 Å². The van der Waals surface area contributed by atoms with Gasteiger partial charge in [0, 0.05) is 22.4 Å². The van der Waals surface area contributed by atoms with Gasteiger partial charge in [-0.3, -0.25) is 0 Å². The number of rotatable bonds is 5. The highest BCUT2D eigenvalue weighted by Gasteiger charge is 2.42. The third kappa shape index (κ3) is 3.51. The van der Waals surface area contributed by atoms with Crippen LogP contribution in [0.25, 0.3) is 0 Å². The van der Waals surface area contributed by atoms with Crippen molar-refractivity contribution in [1.29, 1.82) is 0 Å². The second kappa shape index (κ2) is 8.19. The first kappa shape index (κ1) is 19.8. The number of hydrazone groups is 1.